The Labute approximate surface area is 115 Å². The first kappa shape index (κ1) is 14.6. The Kier molecular flexibility index (Phi) is 4.67. The minimum Gasteiger partial charge on any atom is -0.343 e. The average molecular weight is 288 g/mol. The third kappa shape index (κ3) is 3.82. The molecule has 1 aliphatic carbocycles. The molecule has 0 aromatic carbocycles. The van der Waals surface area contributed by atoms with E-state index in [-0.39, 0.29) is 0 Å². The lowest BCUT2D eigenvalue weighted by atomic mass is 9.94. The molecule has 1 heterocycles. The van der Waals surface area contributed by atoms with E-state index in [1.807, 2.05) is 0 Å². The molecule has 0 aromatic rings. The fourth-order valence-corrected chi connectivity index (χ4v) is 3.10. The van der Waals surface area contributed by atoms with Gasteiger partial charge in [-0.05, 0) is 26.7 Å². The lowest BCUT2D eigenvalue weighted by Gasteiger charge is -2.36. The van der Waals surface area contributed by atoms with E-state index in [4.69, 9.17) is 0 Å². The van der Waals surface area contributed by atoms with E-state index in [0.717, 1.165) is 0 Å². The van der Waals surface area contributed by atoms with Gasteiger partial charge in [-0.2, -0.15) is 0 Å². The van der Waals surface area contributed by atoms with Crippen LogP contribution in [0.25, 0.3) is 0 Å². The van der Waals surface area contributed by atoms with Gasteiger partial charge in [0.1, 0.15) is 0 Å². The van der Waals surface area contributed by atoms with Crippen LogP contribution in [-0.4, -0.2) is 43.9 Å². The second-order valence-corrected chi connectivity index (χ2v) is 7.80. The summed E-state index contributed by atoms with van der Waals surface area (Å²) in [6, 6.07) is 0.591. The summed E-state index contributed by atoms with van der Waals surface area (Å²) >= 11 is 0. The third-order valence-electron chi connectivity index (χ3n) is 3.81. The van der Waals surface area contributed by atoms with Crippen molar-refractivity contribution in [2.75, 3.05) is 13.3 Å². The molecular formula is C12H24N4O2S. The first-order valence-electron chi connectivity index (χ1n) is 7.03. The number of nitrogens with one attached hydrogen (secondary N) is 2. The number of aliphatic imine (C=N–C) groups is 1. The van der Waals surface area contributed by atoms with Crippen LogP contribution >= 0.6 is 0 Å². The molecule has 2 N–H and O–H groups in total. The summed E-state index contributed by atoms with van der Waals surface area (Å²) < 4.78 is 26.0. The Hall–Kier alpha value is -0.820. The molecule has 2 aliphatic rings. The lowest BCUT2D eigenvalue weighted by molar-refractivity contribution is 0.149. The summed E-state index contributed by atoms with van der Waals surface area (Å²) in [4.78, 5) is 6.58. The first-order chi connectivity index (χ1) is 8.99. The van der Waals surface area contributed by atoms with Crippen LogP contribution < -0.4 is 10.0 Å². The number of hydrogen-bond acceptors (Lipinski definition) is 5. The molecule has 0 spiro atoms. The minimum absolute atomic E-state index is 0.376. The quantitative estimate of drug-likeness (QED) is 0.806. The van der Waals surface area contributed by atoms with Gasteiger partial charge >= 0.3 is 0 Å². The van der Waals surface area contributed by atoms with Crippen LogP contribution in [0.3, 0.4) is 0 Å². The van der Waals surface area contributed by atoms with Crippen LogP contribution in [0.2, 0.25) is 0 Å². The lowest BCUT2D eigenvalue weighted by Crippen LogP contribution is -2.53. The van der Waals surface area contributed by atoms with Gasteiger partial charge in [0.05, 0.1) is 18.6 Å². The molecule has 1 aliphatic heterocycles. The van der Waals surface area contributed by atoms with E-state index in [1.54, 1.807) is 13.8 Å². The number of rotatable bonds is 3. The van der Waals surface area contributed by atoms with Crippen molar-refractivity contribution < 1.29 is 8.42 Å². The van der Waals surface area contributed by atoms with E-state index >= 15 is 0 Å². The predicted octanol–water partition coefficient (Wildman–Crippen LogP) is 0.823. The maximum absolute atomic E-state index is 11.7. The van der Waals surface area contributed by atoms with Gasteiger partial charge in [0.25, 0.3) is 0 Å². The van der Waals surface area contributed by atoms with Gasteiger partial charge in [-0.3, -0.25) is 9.62 Å². The smallest absolute Gasteiger partial charge is 0.237 e. The average Bonchev–Trinajstić information content (AvgIpc) is 2.40. The third-order valence-corrected chi connectivity index (χ3v) is 5.53. The molecule has 2 rings (SSSR count). The van der Waals surface area contributed by atoms with Crippen LogP contribution in [-0.2, 0) is 10.0 Å². The van der Waals surface area contributed by atoms with Gasteiger partial charge in [0, 0.05) is 6.04 Å². The topological polar surface area (TPSA) is 73.8 Å². The second-order valence-electron chi connectivity index (χ2n) is 5.56. The largest absolute Gasteiger partial charge is 0.343 e. The Morgan fingerprint density at radius 3 is 2.53 bits per heavy atom. The summed E-state index contributed by atoms with van der Waals surface area (Å²) in [7, 11) is -3.30. The fourth-order valence-electron chi connectivity index (χ4n) is 2.46. The Morgan fingerprint density at radius 1 is 1.32 bits per heavy atom. The molecule has 19 heavy (non-hydrogen) atoms. The van der Waals surface area contributed by atoms with Crippen LogP contribution in [0.1, 0.15) is 46.0 Å². The van der Waals surface area contributed by atoms with Gasteiger partial charge in [0.2, 0.25) is 16.0 Å². The molecule has 0 unspecified atom stereocenters. The van der Waals surface area contributed by atoms with E-state index in [1.165, 1.54) is 32.1 Å². The molecule has 0 atom stereocenters. The molecule has 0 amide bonds. The highest BCUT2D eigenvalue weighted by molar-refractivity contribution is 7.90. The summed E-state index contributed by atoms with van der Waals surface area (Å²) in [5.74, 6) is 0.376. The van der Waals surface area contributed by atoms with Crippen molar-refractivity contribution in [2.24, 2.45) is 4.99 Å². The van der Waals surface area contributed by atoms with Crippen molar-refractivity contribution in [3.05, 3.63) is 0 Å². The number of hydrogen-bond donors (Lipinski definition) is 2. The summed E-state index contributed by atoms with van der Waals surface area (Å²) in [5.41, 5.74) is 0. The molecule has 0 aromatic heterocycles. The van der Waals surface area contributed by atoms with Crippen LogP contribution in [0.4, 0.5) is 0 Å². The standard InChI is InChI=1S/C12H24N4O2S/c1-10(2)19(17,18)15-12-13-8-16(9-14-12)11-6-4-3-5-7-11/h10-11H,3-9H2,1-2H3,(H2,13,14,15). The van der Waals surface area contributed by atoms with Gasteiger partial charge in [-0.15, -0.1) is 0 Å². The van der Waals surface area contributed by atoms with Gasteiger partial charge < -0.3 is 5.32 Å². The Morgan fingerprint density at radius 2 is 2.00 bits per heavy atom. The predicted molar refractivity (Wildman–Crippen MR) is 76.2 cm³/mol. The van der Waals surface area contributed by atoms with Crippen molar-refractivity contribution in [1.29, 1.82) is 0 Å². The molecule has 1 saturated carbocycles. The number of nitrogens with zero attached hydrogens (tertiary/aromatic N) is 2. The van der Waals surface area contributed by atoms with E-state index in [9.17, 15) is 8.42 Å². The highest BCUT2D eigenvalue weighted by Gasteiger charge is 2.25. The molecule has 1 fully saturated rings. The zero-order chi connectivity index (χ0) is 13.9. The summed E-state index contributed by atoms with van der Waals surface area (Å²) in [5, 5.41) is 2.61. The van der Waals surface area contributed by atoms with Crippen LogP contribution in [0, 0.1) is 0 Å². The Bertz CT molecular complexity index is 427. The second kappa shape index (κ2) is 6.09. The van der Waals surface area contributed by atoms with Crippen molar-refractivity contribution in [2.45, 2.75) is 57.2 Å². The molecule has 0 bridgehead atoms. The minimum atomic E-state index is -3.30. The van der Waals surface area contributed by atoms with Crippen molar-refractivity contribution in [3.8, 4) is 0 Å². The van der Waals surface area contributed by atoms with Gasteiger partial charge in [-0.25, -0.2) is 13.4 Å². The number of sulfonamides is 1. The molecule has 7 heteroatoms. The highest BCUT2D eigenvalue weighted by atomic mass is 32.2. The van der Waals surface area contributed by atoms with Crippen molar-refractivity contribution in [3.63, 3.8) is 0 Å². The molecule has 6 nitrogen and oxygen atoms in total. The monoisotopic (exact) mass is 288 g/mol. The maximum atomic E-state index is 11.7. The van der Waals surface area contributed by atoms with E-state index in [2.05, 4.69) is 19.9 Å². The number of guanidine groups is 1. The van der Waals surface area contributed by atoms with Crippen molar-refractivity contribution in [1.82, 2.24) is 14.9 Å². The van der Waals surface area contributed by atoms with Crippen molar-refractivity contribution >= 4 is 16.0 Å². The van der Waals surface area contributed by atoms with Crippen LogP contribution in [0.15, 0.2) is 4.99 Å². The van der Waals surface area contributed by atoms with E-state index < -0.39 is 15.3 Å². The van der Waals surface area contributed by atoms with Gasteiger partial charge in [-0.1, -0.05) is 19.3 Å². The zero-order valence-electron chi connectivity index (χ0n) is 11.7. The summed E-state index contributed by atoms with van der Waals surface area (Å²) in [6.07, 6.45) is 6.37. The van der Waals surface area contributed by atoms with Crippen LogP contribution in [0.5, 0.6) is 0 Å². The van der Waals surface area contributed by atoms with E-state index in [0.29, 0.717) is 25.3 Å². The Balaban J connectivity index is 1.89. The zero-order valence-corrected chi connectivity index (χ0v) is 12.5. The summed E-state index contributed by atoms with van der Waals surface area (Å²) in [6.45, 7) is 4.55. The molecule has 110 valence electrons. The molecule has 0 radical (unpaired) electrons. The first-order valence-corrected chi connectivity index (χ1v) is 8.57. The maximum Gasteiger partial charge on any atom is 0.237 e. The SMILES string of the molecule is CC(C)S(=O)(=O)NC1=NCN(C2CCCCC2)CN1. The molecule has 0 saturated heterocycles. The highest BCUT2D eigenvalue weighted by Crippen LogP contribution is 2.22. The normalized spacial score (nSPS) is 23.0. The molecular weight excluding hydrogens is 264 g/mol. The fraction of sp³-hybridized carbons (Fsp3) is 0.917. The van der Waals surface area contributed by atoms with Gasteiger partial charge in [0.15, 0.2) is 0 Å².